The average molecular weight is 385 g/mol. The largest absolute Gasteiger partial charge is 0.326 e. The van der Waals surface area contributed by atoms with E-state index in [9.17, 15) is 9.59 Å². The predicted molar refractivity (Wildman–Crippen MR) is 104 cm³/mol. The standard InChI is InChI=1S/C20H24N4O2S/c25-18-20(10-4-1-5-11-20)22-19(26)24(18)13-23-12-6-8-15(23)17-21-14-7-2-3-9-16(14)27-17/h2-3,7,9,15H,1,4-6,8,10-13H2,(H,22,26)/t15-/m1/s1. The summed E-state index contributed by atoms with van der Waals surface area (Å²) < 4.78 is 1.19. The maximum Gasteiger partial charge on any atom is 0.326 e. The number of imide groups is 1. The summed E-state index contributed by atoms with van der Waals surface area (Å²) in [6.45, 7) is 1.26. The van der Waals surface area contributed by atoms with Gasteiger partial charge in [-0.2, -0.15) is 0 Å². The van der Waals surface area contributed by atoms with Gasteiger partial charge >= 0.3 is 6.03 Å². The summed E-state index contributed by atoms with van der Waals surface area (Å²) in [5.41, 5.74) is 0.390. The van der Waals surface area contributed by atoms with Gasteiger partial charge in [-0.05, 0) is 37.8 Å². The fourth-order valence-electron chi connectivity index (χ4n) is 4.79. The Kier molecular flexibility index (Phi) is 4.16. The zero-order chi connectivity index (χ0) is 18.4. The second kappa shape index (κ2) is 6.56. The highest BCUT2D eigenvalue weighted by molar-refractivity contribution is 7.18. The quantitative estimate of drug-likeness (QED) is 0.821. The third-order valence-electron chi connectivity index (χ3n) is 6.24. The molecule has 3 amide bonds. The summed E-state index contributed by atoms with van der Waals surface area (Å²) in [5.74, 6) is -0.0258. The van der Waals surface area contributed by atoms with Crippen LogP contribution in [0.4, 0.5) is 4.79 Å². The third-order valence-corrected chi connectivity index (χ3v) is 7.37. The first kappa shape index (κ1) is 17.1. The second-order valence-electron chi connectivity index (χ2n) is 7.94. The van der Waals surface area contributed by atoms with E-state index < -0.39 is 5.54 Å². The van der Waals surface area contributed by atoms with E-state index in [-0.39, 0.29) is 18.0 Å². The van der Waals surface area contributed by atoms with Gasteiger partial charge in [-0.15, -0.1) is 11.3 Å². The van der Waals surface area contributed by atoms with Gasteiger partial charge in [0.15, 0.2) is 0 Å². The lowest BCUT2D eigenvalue weighted by molar-refractivity contribution is -0.134. The Morgan fingerprint density at radius 2 is 1.96 bits per heavy atom. The number of nitrogens with zero attached hydrogens (tertiary/aromatic N) is 3. The van der Waals surface area contributed by atoms with Gasteiger partial charge < -0.3 is 5.32 Å². The summed E-state index contributed by atoms with van der Waals surface area (Å²) in [4.78, 5) is 34.2. The first-order valence-corrected chi connectivity index (χ1v) is 10.7. The molecule has 1 atom stereocenters. The Balaban J connectivity index is 1.36. The number of para-hydroxylation sites is 1. The molecule has 2 saturated heterocycles. The summed E-state index contributed by atoms with van der Waals surface area (Å²) >= 11 is 1.72. The topological polar surface area (TPSA) is 65.5 Å². The average Bonchev–Trinajstić information content (AvgIpc) is 3.36. The van der Waals surface area contributed by atoms with E-state index in [1.807, 2.05) is 18.2 Å². The number of urea groups is 1. The van der Waals surface area contributed by atoms with E-state index in [1.54, 1.807) is 11.3 Å². The number of fused-ring (bicyclic) bond motifs is 1. The minimum Gasteiger partial charge on any atom is -0.323 e. The number of benzene rings is 1. The predicted octanol–water partition coefficient (Wildman–Crippen LogP) is 3.65. The molecule has 1 aliphatic carbocycles. The van der Waals surface area contributed by atoms with E-state index in [0.717, 1.165) is 62.0 Å². The fraction of sp³-hybridized carbons (Fsp3) is 0.550. The van der Waals surface area contributed by atoms with Gasteiger partial charge in [0, 0.05) is 6.54 Å². The van der Waals surface area contributed by atoms with Gasteiger partial charge in [-0.25, -0.2) is 14.7 Å². The number of hydrogen-bond acceptors (Lipinski definition) is 5. The molecule has 27 heavy (non-hydrogen) atoms. The highest BCUT2D eigenvalue weighted by atomic mass is 32.1. The Morgan fingerprint density at radius 3 is 2.78 bits per heavy atom. The van der Waals surface area contributed by atoms with Crippen LogP contribution in [0.15, 0.2) is 24.3 Å². The maximum absolute atomic E-state index is 13.1. The number of amides is 3. The number of carbonyl (C=O) groups is 2. The number of aromatic nitrogens is 1. The molecule has 1 aromatic carbocycles. The van der Waals surface area contributed by atoms with Crippen LogP contribution in [-0.2, 0) is 4.79 Å². The smallest absolute Gasteiger partial charge is 0.323 e. The molecule has 3 aliphatic rings. The van der Waals surface area contributed by atoms with E-state index >= 15 is 0 Å². The minimum atomic E-state index is -0.638. The number of rotatable bonds is 3. The lowest BCUT2D eigenvalue weighted by Gasteiger charge is -2.31. The molecular formula is C20H24N4O2S. The zero-order valence-electron chi connectivity index (χ0n) is 15.3. The highest BCUT2D eigenvalue weighted by Crippen LogP contribution is 2.38. The van der Waals surface area contributed by atoms with Gasteiger partial charge in [0.1, 0.15) is 10.5 Å². The maximum atomic E-state index is 13.1. The number of hydrogen-bond donors (Lipinski definition) is 1. The molecule has 1 saturated carbocycles. The van der Waals surface area contributed by atoms with Crippen LogP contribution < -0.4 is 5.32 Å². The van der Waals surface area contributed by atoms with Crippen molar-refractivity contribution in [2.45, 2.75) is 56.5 Å². The molecule has 0 unspecified atom stereocenters. The number of thiazole rings is 1. The van der Waals surface area contributed by atoms with Crippen LogP contribution in [0, 0.1) is 0 Å². The van der Waals surface area contributed by atoms with Crippen molar-refractivity contribution in [1.29, 1.82) is 0 Å². The van der Waals surface area contributed by atoms with Crippen LogP contribution in [0.3, 0.4) is 0 Å². The number of nitrogens with one attached hydrogen (secondary N) is 1. The van der Waals surface area contributed by atoms with Crippen LogP contribution in [0.1, 0.15) is 56.0 Å². The molecule has 1 spiro atoms. The molecule has 0 bridgehead atoms. The first-order chi connectivity index (χ1) is 13.2. The van der Waals surface area contributed by atoms with E-state index in [2.05, 4.69) is 16.3 Å². The lowest BCUT2D eigenvalue weighted by atomic mass is 9.82. The van der Waals surface area contributed by atoms with Crippen molar-refractivity contribution < 1.29 is 9.59 Å². The fourth-order valence-corrected chi connectivity index (χ4v) is 5.93. The summed E-state index contributed by atoms with van der Waals surface area (Å²) in [7, 11) is 0. The number of carbonyl (C=O) groups excluding carboxylic acids is 2. The zero-order valence-corrected chi connectivity index (χ0v) is 16.1. The molecule has 3 fully saturated rings. The van der Waals surface area contributed by atoms with Crippen molar-refractivity contribution in [3.05, 3.63) is 29.3 Å². The van der Waals surface area contributed by atoms with Crippen molar-refractivity contribution in [2.75, 3.05) is 13.2 Å². The van der Waals surface area contributed by atoms with Gasteiger partial charge in [0.05, 0.1) is 22.9 Å². The van der Waals surface area contributed by atoms with Crippen molar-refractivity contribution in [2.24, 2.45) is 0 Å². The van der Waals surface area contributed by atoms with Gasteiger partial charge in [0.25, 0.3) is 5.91 Å². The van der Waals surface area contributed by atoms with Crippen molar-refractivity contribution >= 4 is 33.5 Å². The second-order valence-corrected chi connectivity index (χ2v) is 9.00. The first-order valence-electron chi connectivity index (χ1n) is 9.90. The van der Waals surface area contributed by atoms with Gasteiger partial charge in [-0.3, -0.25) is 9.69 Å². The van der Waals surface area contributed by atoms with Gasteiger partial charge in [-0.1, -0.05) is 31.4 Å². The molecular weight excluding hydrogens is 360 g/mol. The summed E-state index contributed by atoms with van der Waals surface area (Å²) in [6, 6.07) is 8.14. The minimum absolute atomic E-state index is 0.0258. The molecule has 7 heteroatoms. The van der Waals surface area contributed by atoms with Crippen LogP contribution in [-0.4, -0.2) is 45.5 Å². The van der Waals surface area contributed by atoms with Crippen LogP contribution in [0.25, 0.3) is 10.2 Å². The van der Waals surface area contributed by atoms with Crippen molar-refractivity contribution in [3.63, 3.8) is 0 Å². The molecule has 1 aromatic heterocycles. The highest BCUT2D eigenvalue weighted by Gasteiger charge is 2.52. The molecule has 5 rings (SSSR count). The van der Waals surface area contributed by atoms with E-state index in [4.69, 9.17) is 4.98 Å². The van der Waals surface area contributed by atoms with E-state index in [0.29, 0.717) is 6.67 Å². The molecule has 2 aliphatic heterocycles. The molecule has 2 aromatic rings. The Morgan fingerprint density at radius 1 is 1.15 bits per heavy atom. The number of likely N-dealkylation sites (tertiary alicyclic amines) is 1. The molecule has 1 N–H and O–H groups in total. The summed E-state index contributed by atoms with van der Waals surface area (Å²) in [5, 5.41) is 4.11. The SMILES string of the molecule is O=C1NC2(CCCCC2)C(=O)N1CN1CCC[C@@H]1c1nc2ccccc2s1. The Bertz CT molecular complexity index is 856. The normalized spacial score (nSPS) is 25.6. The monoisotopic (exact) mass is 384 g/mol. The third kappa shape index (κ3) is 2.84. The molecule has 0 radical (unpaired) electrons. The summed E-state index contributed by atoms with van der Waals surface area (Å²) in [6.07, 6.45) is 6.81. The van der Waals surface area contributed by atoms with E-state index in [1.165, 1.54) is 9.60 Å². The molecule has 6 nitrogen and oxygen atoms in total. The molecule has 3 heterocycles. The van der Waals surface area contributed by atoms with Crippen LogP contribution in [0.5, 0.6) is 0 Å². The van der Waals surface area contributed by atoms with Gasteiger partial charge in [0.2, 0.25) is 0 Å². The lowest BCUT2D eigenvalue weighted by Crippen LogP contribution is -2.49. The van der Waals surface area contributed by atoms with Crippen molar-refractivity contribution in [1.82, 2.24) is 20.1 Å². The Labute approximate surface area is 162 Å². The molecule has 142 valence electrons. The van der Waals surface area contributed by atoms with Crippen molar-refractivity contribution in [3.8, 4) is 0 Å². The van der Waals surface area contributed by atoms with Crippen LogP contribution in [0.2, 0.25) is 0 Å². The van der Waals surface area contributed by atoms with Crippen LogP contribution >= 0.6 is 11.3 Å². The Hall–Kier alpha value is -1.99.